The van der Waals surface area contributed by atoms with E-state index in [1.165, 1.54) is 18.9 Å². The van der Waals surface area contributed by atoms with E-state index in [1.54, 1.807) is 24.3 Å². The molecule has 0 bridgehead atoms. The first-order chi connectivity index (χ1) is 13.4. The van der Waals surface area contributed by atoms with Crippen LogP contribution in [0.3, 0.4) is 0 Å². The Kier molecular flexibility index (Phi) is 6.37. The zero-order valence-electron chi connectivity index (χ0n) is 14.6. The van der Waals surface area contributed by atoms with Crippen molar-refractivity contribution in [3.05, 3.63) is 57.4 Å². The lowest BCUT2D eigenvalue weighted by Gasteiger charge is -2.09. The molecule has 1 amide bonds. The highest BCUT2D eigenvalue weighted by Crippen LogP contribution is 2.32. The van der Waals surface area contributed by atoms with Crippen LogP contribution < -0.4 is 14.8 Å². The van der Waals surface area contributed by atoms with Crippen LogP contribution in [0.4, 0.5) is 5.69 Å². The van der Waals surface area contributed by atoms with Crippen molar-refractivity contribution in [3.63, 3.8) is 0 Å². The summed E-state index contributed by atoms with van der Waals surface area (Å²) in [6.07, 6.45) is 1.70. The van der Waals surface area contributed by atoms with Gasteiger partial charge in [0.05, 0.1) is 17.7 Å². The van der Waals surface area contributed by atoms with Gasteiger partial charge in [-0.3, -0.25) is 4.79 Å². The number of nitrogens with one attached hydrogen (secondary N) is 1. The van der Waals surface area contributed by atoms with E-state index in [4.69, 9.17) is 14.6 Å². The molecule has 0 aromatic heterocycles. The van der Waals surface area contributed by atoms with E-state index in [9.17, 15) is 9.59 Å². The molecular weight excluding hydrogens is 448 g/mol. The Morgan fingerprint density at radius 1 is 1.25 bits per heavy atom. The Morgan fingerprint density at radius 2 is 2.00 bits per heavy atom. The molecule has 0 unspecified atom stereocenters. The molecule has 1 aliphatic rings. The number of carboxylic acids is 1. The number of benzene rings is 2. The number of aliphatic carboxylic acids is 1. The van der Waals surface area contributed by atoms with Gasteiger partial charge in [0.2, 0.25) is 0 Å². The predicted octanol–water partition coefficient (Wildman–Crippen LogP) is 3.81. The standard InChI is InChI=1S/C19H15BrN2O5S/c1-26-15-8-11(2-7-14(15)27-10-17(23)24)9-16-18(25)22-19(28-16)21-13-5-3-12(20)4-6-13/h2-9H,10H2,1H3,(H,23,24)(H,21,22,25)/b16-9+. The quantitative estimate of drug-likeness (QED) is 0.633. The van der Waals surface area contributed by atoms with Gasteiger partial charge in [-0.15, -0.1) is 0 Å². The maximum absolute atomic E-state index is 12.2. The molecule has 1 heterocycles. The van der Waals surface area contributed by atoms with Crippen molar-refractivity contribution in [2.45, 2.75) is 0 Å². The fourth-order valence-corrected chi connectivity index (χ4v) is 3.40. The van der Waals surface area contributed by atoms with Crippen molar-refractivity contribution in [2.24, 2.45) is 4.99 Å². The molecule has 7 nitrogen and oxygen atoms in total. The molecule has 0 aliphatic carbocycles. The van der Waals surface area contributed by atoms with E-state index < -0.39 is 12.6 Å². The Labute approximate surface area is 173 Å². The first kappa shape index (κ1) is 20.0. The average Bonchev–Trinajstić information content (AvgIpc) is 3.01. The van der Waals surface area contributed by atoms with Crippen LogP contribution in [0.15, 0.2) is 56.8 Å². The number of amides is 1. The van der Waals surface area contributed by atoms with Gasteiger partial charge in [0.15, 0.2) is 23.3 Å². The monoisotopic (exact) mass is 462 g/mol. The second-order valence-corrected chi connectivity index (χ2v) is 7.50. The Hall–Kier alpha value is -2.78. The number of amidine groups is 1. The van der Waals surface area contributed by atoms with E-state index in [1.807, 2.05) is 24.3 Å². The zero-order valence-corrected chi connectivity index (χ0v) is 17.0. The van der Waals surface area contributed by atoms with Crippen LogP contribution in [0.1, 0.15) is 5.56 Å². The molecule has 3 rings (SSSR count). The first-order valence-electron chi connectivity index (χ1n) is 8.02. The number of hydrogen-bond donors (Lipinski definition) is 2. The molecule has 9 heteroatoms. The molecule has 2 aromatic rings. The number of carbonyl (C=O) groups is 2. The van der Waals surface area contributed by atoms with E-state index in [0.717, 1.165) is 10.2 Å². The summed E-state index contributed by atoms with van der Waals surface area (Å²) in [5.74, 6) is -0.633. The molecule has 1 aliphatic heterocycles. The number of nitrogens with zero attached hydrogens (tertiary/aromatic N) is 1. The van der Waals surface area contributed by atoms with Gasteiger partial charge in [-0.25, -0.2) is 9.79 Å². The molecule has 0 saturated carbocycles. The van der Waals surface area contributed by atoms with Crippen molar-refractivity contribution < 1.29 is 24.2 Å². The average molecular weight is 463 g/mol. The number of aliphatic imine (C=N–C) groups is 1. The van der Waals surface area contributed by atoms with Gasteiger partial charge in [-0.05, 0) is 59.8 Å². The van der Waals surface area contributed by atoms with Crippen LogP contribution in [0.25, 0.3) is 6.08 Å². The van der Waals surface area contributed by atoms with Crippen LogP contribution in [0.2, 0.25) is 0 Å². The summed E-state index contributed by atoms with van der Waals surface area (Å²) >= 11 is 4.60. The highest BCUT2D eigenvalue weighted by Gasteiger charge is 2.24. The van der Waals surface area contributed by atoms with Crippen LogP contribution >= 0.6 is 27.7 Å². The number of hydrogen-bond acceptors (Lipinski definition) is 6. The SMILES string of the molecule is COc1cc(/C=C2/SC(=Nc3ccc(Br)cc3)NC2=O)ccc1OCC(=O)O. The van der Waals surface area contributed by atoms with Gasteiger partial charge >= 0.3 is 5.97 Å². The second kappa shape index (κ2) is 8.94. The van der Waals surface area contributed by atoms with Gasteiger partial charge in [0.25, 0.3) is 5.91 Å². The Bertz CT molecular complexity index is 973. The highest BCUT2D eigenvalue weighted by molar-refractivity contribution is 9.10. The van der Waals surface area contributed by atoms with Crippen molar-refractivity contribution in [3.8, 4) is 11.5 Å². The molecule has 144 valence electrons. The fraction of sp³-hybridized carbons (Fsp3) is 0.105. The number of methoxy groups -OCH3 is 1. The molecule has 1 saturated heterocycles. The maximum atomic E-state index is 12.2. The number of rotatable bonds is 6. The summed E-state index contributed by atoms with van der Waals surface area (Å²) in [6.45, 7) is -0.467. The summed E-state index contributed by atoms with van der Waals surface area (Å²) in [7, 11) is 1.46. The van der Waals surface area contributed by atoms with Gasteiger partial charge in [0, 0.05) is 4.47 Å². The third kappa shape index (κ3) is 5.14. The lowest BCUT2D eigenvalue weighted by atomic mass is 10.2. The first-order valence-corrected chi connectivity index (χ1v) is 9.63. The third-order valence-corrected chi connectivity index (χ3v) is 4.98. The molecule has 28 heavy (non-hydrogen) atoms. The van der Waals surface area contributed by atoms with Gasteiger partial charge < -0.3 is 19.9 Å². The molecule has 0 spiro atoms. The molecule has 2 N–H and O–H groups in total. The molecule has 2 aromatic carbocycles. The highest BCUT2D eigenvalue weighted by atomic mass is 79.9. The van der Waals surface area contributed by atoms with E-state index in [0.29, 0.717) is 27.1 Å². The lowest BCUT2D eigenvalue weighted by Crippen LogP contribution is -2.19. The lowest BCUT2D eigenvalue weighted by molar-refractivity contribution is -0.139. The normalized spacial score (nSPS) is 16.3. The molecule has 1 fully saturated rings. The zero-order chi connectivity index (χ0) is 20.1. The largest absolute Gasteiger partial charge is 0.493 e. The minimum Gasteiger partial charge on any atom is -0.493 e. The third-order valence-electron chi connectivity index (χ3n) is 3.54. The Balaban J connectivity index is 1.78. The second-order valence-electron chi connectivity index (χ2n) is 5.55. The summed E-state index contributed by atoms with van der Waals surface area (Å²) < 4.78 is 11.4. The Morgan fingerprint density at radius 3 is 2.68 bits per heavy atom. The number of halogens is 1. The smallest absolute Gasteiger partial charge is 0.341 e. The van der Waals surface area contributed by atoms with Crippen molar-refractivity contribution >= 4 is 56.5 Å². The van der Waals surface area contributed by atoms with Crippen molar-refractivity contribution in [2.75, 3.05) is 13.7 Å². The summed E-state index contributed by atoms with van der Waals surface area (Å²) in [5, 5.41) is 11.9. The van der Waals surface area contributed by atoms with Crippen LogP contribution in [0, 0.1) is 0 Å². The van der Waals surface area contributed by atoms with Crippen LogP contribution in [-0.2, 0) is 9.59 Å². The molecule has 0 radical (unpaired) electrons. The van der Waals surface area contributed by atoms with Crippen molar-refractivity contribution in [1.82, 2.24) is 5.32 Å². The predicted molar refractivity (Wildman–Crippen MR) is 111 cm³/mol. The van der Waals surface area contributed by atoms with E-state index in [2.05, 4.69) is 26.2 Å². The minimum atomic E-state index is -1.08. The van der Waals surface area contributed by atoms with E-state index >= 15 is 0 Å². The van der Waals surface area contributed by atoms with E-state index in [-0.39, 0.29) is 5.91 Å². The topological polar surface area (TPSA) is 97.2 Å². The number of carbonyl (C=O) groups excluding carboxylic acids is 1. The number of thioether (sulfide) groups is 1. The van der Waals surface area contributed by atoms with Crippen LogP contribution in [-0.4, -0.2) is 35.9 Å². The van der Waals surface area contributed by atoms with Gasteiger partial charge in [-0.2, -0.15) is 0 Å². The number of ether oxygens (including phenoxy) is 2. The van der Waals surface area contributed by atoms with Crippen molar-refractivity contribution in [1.29, 1.82) is 0 Å². The minimum absolute atomic E-state index is 0.244. The fourth-order valence-electron chi connectivity index (χ4n) is 2.30. The molecular formula is C19H15BrN2O5S. The van der Waals surface area contributed by atoms with Crippen LogP contribution in [0.5, 0.6) is 11.5 Å². The van der Waals surface area contributed by atoms with Gasteiger partial charge in [-0.1, -0.05) is 22.0 Å². The summed E-state index contributed by atoms with van der Waals surface area (Å²) in [6, 6.07) is 12.4. The van der Waals surface area contributed by atoms with Gasteiger partial charge in [0.1, 0.15) is 0 Å². The maximum Gasteiger partial charge on any atom is 0.341 e. The molecule has 0 atom stereocenters. The number of carboxylic acid groups (broad SMARTS) is 1. The summed E-state index contributed by atoms with van der Waals surface area (Å²) in [4.78, 5) is 27.8. The summed E-state index contributed by atoms with van der Waals surface area (Å²) in [5.41, 5.74) is 1.44.